The fourth-order valence-corrected chi connectivity index (χ4v) is 4.05. The standard InChI is InChI=1S/C24H19N5O/c25-24(11-12-24)17-8-6-16(7-9-17)21-18(15-4-2-1-3-5-15)14-19-20(26-21)10-13-29-22(19)27-28-23(29)30/h1-10,13-14H,11-12,25H2,(H,28,30). The maximum absolute atomic E-state index is 12.0. The first-order valence-corrected chi connectivity index (χ1v) is 9.98. The Hall–Kier alpha value is -3.77. The van der Waals surface area contributed by atoms with E-state index in [1.807, 2.05) is 24.3 Å². The van der Waals surface area contributed by atoms with Crippen LogP contribution in [0.1, 0.15) is 18.4 Å². The number of hydrogen-bond acceptors (Lipinski definition) is 4. The van der Waals surface area contributed by atoms with Crippen molar-refractivity contribution >= 4 is 16.6 Å². The molecule has 0 bridgehead atoms. The summed E-state index contributed by atoms with van der Waals surface area (Å²) >= 11 is 0. The van der Waals surface area contributed by atoms with E-state index in [0.29, 0.717) is 5.65 Å². The molecule has 0 unspecified atom stereocenters. The van der Waals surface area contributed by atoms with Gasteiger partial charge in [-0.25, -0.2) is 19.3 Å². The summed E-state index contributed by atoms with van der Waals surface area (Å²) in [5.41, 5.74) is 12.4. The third kappa shape index (κ3) is 2.58. The fourth-order valence-electron chi connectivity index (χ4n) is 4.05. The second kappa shape index (κ2) is 6.11. The van der Waals surface area contributed by atoms with E-state index in [4.69, 9.17) is 10.7 Å². The van der Waals surface area contributed by atoms with E-state index in [9.17, 15) is 4.79 Å². The number of nitrogens with zero attached hydrogens (tertiary/aromatic N) is 3. The summed E-state index contributed by atoms with van der Waals surface area (Å²) in [5.74, 6) is 0. The van der Waals surface area contributed by atoms with Crippen molar-refractivity contribution in [2.45, 2.75) is 18.4 Å². The zero-order valence-electron chi connectivity index (χ0n) is 16.2. The maximum Gasteiger partial charge on any atom is 0.347 e. The smallest absolute Gasteiger partial charge is 0.321 e. The van der Waals surface area contributed by atoms with Gasteiger partial charge in [-0.15, -0.1) is 0 Å². The van der Waals surface area contributed by atoms with Crippen LogP contribution in [-0.4, -0.2) is 19.6 Å². The third-order valence-electron chi connectivity index (χ3n) is 5.99. The van der Waals surface area contributed by atoms with Gasteiger partial charge in [-0.2, -0.15) is 5.10 Å². The summed E-state index contributed by atoms with van der Waals surface area (Å²) in [5, 5.41) is 7.55. The molecule has 6 heteroatoms. The molecule has 0 radical (unpaired) electrons. The lowest BCUT2D eigenvalue weighted by Gasteiger charge is -2.14. The van der Waals surface area contributed by atoms with Crippen molar-refractivity contribution < 1.29 is 0 Å². The van der Waals surface area contributed by atoms with E-state index in [-0.39, 0.29) is 11.2 Å². The van der Waals surface area contributed by atoms with Crippen molar-refractivity contribution in [3.8, 4) is 22.4 Å². The third-order valence-corrected chi connectivity index (χ3v) is 5.99. The van der Waals surface area contributed by atoms with E-state index in [1.165, 1.54) is 9.96 Å². The molecule has 146 valence electrons. The van der Waals surface area contributed by atoms with E-state index in [0.717, 1.165) is 46.1 Å². The Labute approximate surface area is 172 Å². The largest absolute Gasteiger partial charge is 0.347 e. The number of aromatic amines is 1. The molecule has 1 saturated carbocycles. The molecule has 0 atom stereocenters. The number of nitrogens with two attached hydrogens (primary N) is 1. The lowest BCUT2D eigenvalue weighted by atomic mass is 9.96. The van der Waals surface area contributed by atoms with Crippen molar-refractivity contribution in [1.82, 2.24) is 19.6 Å². The van der Waals surface area contributed by atoms with Crippen LogP contribution in [0, 0.1) is 0 Å². The van der Waals surface area contributed by atoms with E-state index < -0.39 is 0 Å². The normalized spacial score (nSPS) is 15.0. The van der Waals surface area contributed by atoms with Crippen molar-refractivity contribution in [1.29, 1.82) is 0 Å². The number of hydrogen-bond donors (Lipinski definition) is 2. The molecule has 2 aromatic carbocycles. The fraction of sp³-hybridized carbons (Fsp3) is 0.125. The van der Waals surface area contributed by atoms with Crippen molar-refractivity contribution in [2.24, 2.45) is 5.73 Å². The molecule has 1 fully saturated rings. The maximum atomic E-state index is 12.0. The molecule has 30 heavy (non-hydrogen) atoms. The van der Waals surface area contributed by atoms with Crippen molar-refractivity contribution in [3.63, 3.8) is 0 Å². The molecular weight excluding hydrogens is 374 g/mol. The molecule has 6 rings (SSSR count). The number of rotatable bonds is 3. The molecule has 1 aliphatic carbocycles. The number of pyridine rings is 2. The number of benzene rings is 2. The van der Waals surface area contributed by atoms with Crippen LogP contribution in [0.5, 0.6) is 0 Å². The molecule has 0 amide bonds. The van der Waals surface area contributed by atoms with E-state index in [1.54, 1.807) is 6.20 Å². The molecule has 0 saturated heterocycles. The van der Waals surface area contributed by atoms with Gasteiger partial charge in [-0.05, 0) is 36.1 Å². The van der Waals surface area contributed by atoms with Crippen LogP contribution in [0.3, 0.4) is 0 Å². The highest BCUT2D eigenvalue weighted by Crippen LogP contribution is 2.43. The molecule has 0 aliphatic heterocycles. The van der Waals surface area contributed by atoms with E-state index >= 15 is 0 Å². The number of nitrogens with one attached hydrogen (secondary N) is 1. The van der Waals surface area contributed by atoms with Crippen LogP contribution in [0.2, 0.25) is 0 Å². The van der Waals surface area contributed by atoms with Crippen LogP contribution in [0.25, 0.3) is 38.9 Å². The molecule has 6 nitrogen and oxygen atoms in total. The Kier molecular flexibility index (Phi) is 3.49. The quantitative estimate of drug-likeness (QED) is 0.487. The zero-order valence-corrected chi connectivity index (χ0v) is 16.2. The van der Waals surface area contributed by atoms with Gasteiger partial charge in [0.05, 0.1) is 11.2 Å². The zero-order chi connectivity index (χ0) is 20.3. The van der Waals surface area contributed by atoms with Crippen molar-refractivity contribution in [2.75, 3.05) is 0 Å². The Morgan fingerprint density at radius 1 is 0.967 bits per heavy atom. The van der Waals surface area contributed by atoms with Gasteiger partial charge in [0.25, 0.3) is 0 Å². The second-order valence-corrected chi connectivity index (χ2v) is 7.95. The average molecular weight is 393 g/mol. The Morgan fingerprint density at radius 2 is 1.73 bits per heavy atom. The van der Waals surface area contributed by atoms with Gasteiger partial charge < -0.3 is 5.73 Å². The van der Waals surface area contributed by atoms with Gasteiger partial charge in [-0.3, -0.25) is 0 Å². The summed E-state index contributed by atoms with van der Waals surface area (Å²) in [6, 6.07) is 22.5. The summed E-state index contributed by atoms with van der Waals surface area (Å²) in [6.07, 6.45) is 3.78. The summed E-state index contributed by atoms with van der Waals surface area (Å²) in [4.78, 5) is 17.0. The second-order valence-electron chi connectivity index (χ2n) is 7.95. The molecule has 3 aromatic heterocycles. The van der Waals surface area contributed by atoms with Gasteiger partial charge in [-0.1, -0.05) is 54.6 Å². The first-order valence-electron chi connectivity index (χ1n) is 9.98. The summed E-state index contributed by atoms with van der Waals surface area (Å²) in [7, 11) is 0. The number of fused-ring (bicyclic) bond motifs is 3. The Balaban J connectivity index is 1.62. The number of H-pyrrole nitrogens is 1. The molecule has 1 aliphatic rings. The van der Waals surface area contributed by atoms with Crippen LogP contribution in [-0.2, 0) is 5.54 Å². The first kappa shape index (κ1) is 17.1. The summed E-state index contributed by atoms with van der Waals surface area (Å²) in [6.45, 7) is 0. The van der Waals surface area contributed by atoms with Crippen molar-refractivity contribution in [3.05, 3.63) is 89.0 Å². The molecular formula is C24H19N5O. The van der Waals surface area contributed by atoms with Gasteiger partial charge in [0.2, 0.25) is 0 Å². The lowest BCUT2D eigenvalue weighted by Crippen LogP contribution is -2.18. The average Bonchev–Trinajstić information content (AvgIpc) is 3.44. The molecule has 3 N–H and O–H groups in total. The van der Waals surface area contributed by atoms with Crippen LogP contribution in [0.4, 0.5) is 0 Å². The minimum absolute atomic E-state index is 0.156. The summed E-state index contributed by atoms with van der Waals surface area (Å²) < 4.78 is 1.50. The van der Waals surface area contributed by atoms with E-state index in [2.05, 4.69) is 52.7 Å². The Bertz CT molecular complexity index is 1460. The molecule has 5 aromatic rings. The minimum atomic E-state index is -0.261. The van der Waals surface area contributed by atoms with Gasteiger partial charge >= 0.3 is 5.69 Å². The predicted molar refractivity (Wildman–Crippen MR) is 117 cm³/mol. The highest BCUT2D eigenvalue weighted by molar-refractivity contribution is 5.98. The van der Waals surface area contributed by atoms with Crippen LogP contribution in [0.15, 0.2) is 77.7 Å². The van der Waals surface area contributed by atoms with Gasteiger partial charge in [0, 0.05) is 28.2 Å². The SMILES string of the molecule is NC1(c2ccc(-c3nc4ccn5c(=O)[nH]nc5c4cc3-c3ccccc3)cc2)CC1. The highest BCUT2D eigenvalue weighted by atomic mass is 16.1. The topological polar surface area (TPSA) is 89.1 Å². The van der Waals surface area contributed by atoms with Crippen LogP contribution >= 0.6 is 0 Å². The first-order chi connectivity index (χ1) is 14.6. The lowest BCUT2D eigenvalue weighted by molar-refractivity contribution is 0.740. The molecule has 0 spiro atoms. The van der Waals surface area contributed by atoms with Gasteiger partial charge in [0.1, 0.15) is 0 Å². The number of aromatic nitrogens is 4. The highest BCUT2D eigenvalue weighted by Gasteiger charge is 2.39. The van der Waals surface area contributed by atoms with Gasteiger partial charge in [0.15, 0.2) is 5.65 Å². The monoisotopic (exact) mass is 393 g/mol. The predicted octanol–water partition coefficient (Wildman–Crippen LogP) is 3.85. The van der Waals surface area contributed by atoms with Crippen LogP contribution < -0.4 is 11.4 Å². The minimum Gasteiger partial charge on any atom is -0.321 e. The molecule has 3 heterocycles. The Morgan fingerprint density at radius 3 is 2.47 bits per heavy atom.